The Balaban J connectivity index is 1.50. The summed E-state index contributed by atoms with van der Waals surface area (Å²) in [5.41, 5.74) is 3.39. The molecule has 2 heterocycles. The van der Waals surface area contributed by atoms with Crippen LogP contribution >= 0.6 is 11.3 Å². The van der Waals surface area contributed by atoms with E-state index in [-0.39, 0.29) is 11.7 Å². The Labute approximate surface area is 158 Å². The molecule has 0 unspecified atom stereocenters. The van der Waals surface area contributed by atoms with Crippen LogP contribution in [0.5, 0.6) is 0 Å². The van der Waals surface area contributed by atoms with Crippen LogP contribution in [0.4, 0.5) is 15.2 Å². The van der Waals surface area contributed by atoms with Crippen molar-refractivity contribution in [2.24, 2.45) is 0 Å². The largest absolute Gasteiger partial charge is 0.356 e. The highest BCUT2D eigenvalue weighted by Crippen LogP contribution is 2.26. The van der Waals surface area contributed by atoms with E-state index in [9.17, 15) is 9.18 Å². The first-order valence-electron chi connectivity index (χ1n) is 8.29. The standard InChI is InChI=1S/C19H16FN5OS/c1-12(26)22-16-4-2-3-14(9-16)17-11-25-19(23-17)27-18(24-25)21-10-13-5-7-15(20)8-6-13/h2-9,11H,10H2,1H3,(H,21,24)(H,22,26). The Morgan fingerprint density at radius 3 is 2.78 bits per heavy atom. The van der Waals surface area contributed by atoms with Gasteiger partial charge in [-0.15, -0.1) is 5.10 Å². The molecule has 8 heteroatoms. The fraction of sp³-hybridized carbons (Fsp3) is 0.105. The first-order chi connectivity index (χ1) is 13.1. The molecule has 4 aromatic rings. The number of amides is 1. The van der Waals surface area contributed by atoms with Crippen molar-refractivity contribution in [3.05, 3.63) is 66.1 Å². The molecule has 2 aromatic carbocycles. The molecule has 0 fully saturated rings. The van der Waals surface area contributed by atoms with Gasteiger partial charge in [-0.1, -0.05) is 35.6 Å². The van der Waals surface area contributed by atoms with E-state index in [1.165, 1.54) is 30.4 Å². The lowest BCUT2D eigenvalue weighted by molar-refractivity contribution is -0.114. The molecule has 136 valence electrons. The van der Waals surface area contributed by atoms with Crippen LogP contribution in [0.2, 0.25) is 0 Å². The number of halogens is 1. The summed E-state index contributed by atoms with van der Waals surface area (Å²) in [5.74, 6) is -0.363. The van der Waals surface area contributed by atoms with E-state index >= 15 is 0 Å². The number of carbonyl (C=O) groups is 1. The van der Waals surface area contributed by atoms with Crippen LogP contribution < -0.4 is 10.6 Å². The van der Waals surface area contributed by atoms with Gasteiger partial charge in [-0.25, -0.2) is 13.9 Å². The first-order valence-corrected chi connectivity index (χ1v) is 9.11. The fourth-order valence-corrected chi connectivity index (χ4v) is 3.43. The molecule has 4 rings (SSSR count). The highest BCUT2D eigenvalue weighted by atomic mass is 32.1. The lowest BCUT2D eigenvalue weighted by Crippen LogP contribution is -2.05. The summed E-state index contributed by atoms with van der Waals surface area (Å²) in [6, 6.07) is 13.9. The molecule has 6 nitrogen and oxygen atoms in total. The lowest BCUT2D eigenvalue weighted by atomic mass is 10.1. The number of nitrogens with zero attached hydrogens (tertiary/aromatic N) is 3. The van der Waals surface area contributed by atoms with Gasteiger partial charge in [-0.2, -0.15) is 0 Å². The van der Waals surface area contributed by atoms with Gasteiger partial charge in [0.25, 0.3) is 0 Å². The first kappa shape index (κ1) is 17.2. The minimum Gasteiger partial charge on any atom is -0.356 e. The Kier molecular flexibility index (Phi) is 4.55. The van der Waals surface area contributed by atoms with Crippen molar-refractivity contribution in [1.82, 2.24) is 14.6 Å². The second kappa shape index (κ2) is 7.16. The highest BCUT2D eigenvalue weighted by molar-refractivity contribution is 7.20. The predicted octanol–water partition coefficient (Wildman–Crippen LogP) is 4.17. The van der Waals surface area contributed by atoms with Gasteiger partial charge in [0.2, 0.25) is 16.0 Å². The number of imidazole rings is 1. The van der Waals surface area contributed by atoms with Crippen molar-refractivity contribution in [2.75, 3.05) is 10.6 Å². The number of hydrogen-bond donors (Lipinski definition) is 2. The van der Waals surface area contributed by atoms with Gasteiger partial charge in [0.15, 0.2) is 0 Å². The van der Waals surface area contributed by atoms with E-state index in [1.54, 1.807) is 16.6 Å². The molecule has 2 aromatic heterocycles. The van der Waals surface area contributed by atoms with Gasteiger partial charge in [0.1, 0.15) is 5.82 Å². The second-order valence-corrected chi connectivity index (χ2v) is 6.96. The minimum atomic E-state index is -0.249. The molecule has 0 radical (unpaired) electrons. The lowest BCUT2D eigenvalue weighted by Gasteiger charge is -2.03. The van der Waals surface area contributed by atoms with E-state index in [1.807, 2.05) is 30.5 Å². The summed E-state index contributed by atoms with van der Waals surface area (Å²) in [6.07, 6.45) is 1.85. The minimum absolute atomic E-state index is 0.114. The fourth-order valence-electron chi connectivity index (χ4n) is 2.65. The molecule has 0 saturated carbocycles. The number of fused-ring (bicyclic) bond motifs is 1. The maximum Gasteiger partial charge on any atom is 0.221 e. The van der Waals surface area contributed by atoms with Gasteiger partial charge in [-0.3, -0.25) is 4.79 Å². The summed E-state index contributed by atoms with van der Waals surface area (Å²) < 4.78 is 14.7. The van der Waals surface area contributed by atoms with Crippen LogP contribution in [0, 0.1) is 5.82 Å². The molecule has 0 aliphatic carbocycles. The van der Waals surface area contributed by atoms with Crippen LogP contribution in [0.1, 0.15) is 12.5 Å². The topological polar surface area (TPSA) is 71.3 Å². The summed E-state index contributed by atoms with van der Waals surface area (Å²) in [7, 11) is 0. The summed E-state index contributed by atoms with van der Waals surface area (Å²) in [6.45, 7) is 2.03. The van der Waals surface area contributed by atoms with E-state index < -0.39 is 0 Å². The third-order valence-corrected chi connectivity index (χ3v) is 4.76. The SMILES string of the molecule is CC(=O)Nc1cccc(-c2cn3nc(NCc4ccc(F)cc4)sc3n2)c1. The Bertz CT molecular complexity index is 1070. The molecule has 0 aliphatic rings. The molecule has 0 atom stereocenters. The molecule has 0 spiro atoms. The van der Waals surface area contributed by atoms with Crippen LogP contribution in [0.25, 0.3) is 16.2 Å². The van der Waals surface area contributed by atoms with Gasteiger partial charge in [-0.05, 0) is 29.8 Å². The molecular formula is C19H16FN5OS. The zero-order chi connectivity index (χ0) is 18.8. The summed E-state index contributed by atoms with van der Waals surface area (Å²) in [5, 5.41) is 11.2. The van der Waals surface area contributed by atoms with Gasteiger partial charge >= 0.3 is 0 Å². The Morgan fingerprint density at radius 2 is 2.04 bits per heavy atom. The molecule has 1 amide bonds. The maximum absolute atomic E-state index is 12.9. The zero-order valence-corrected chi connectivity index (χ0v) is 15.3. The smallest absolute Gasteiger partial charge is 0.221 e. The van der Waals surface area contributed by atoms with Crippen LogP contribution in [-0.4, -0.2) is 20.5 Å². The number of anilines is 2. The van der Waals surface area contributed by atoms with Crippen molar-refractivity contribution in [1.29, 1.82) is 0 Å². The maximum atomic E-state index is 12.9. The third-order valence-electron chi connectivity index (χ3n) is 3.88. The molecular weight excluding hydrogens is 365 g/mol. The number of benzene rings is 2. The van der Waals surface area contributed by atoms with Crippen LogP contribution in [-0.2, 0) is 11.3 Å². The summed E-state index contributed by atoms with van der Waals surface area (Å²) >= 11 is 1.44. The van der Waals surface area contributed by atoms with Crippen molar-refractivity contribution in [3.63, 3.8) is 0 Å². The van der Waals surface area contributed by atoms with Gasteiger partial charge in [0.05, 0.1) is 11.9 Å². The van der Waals surface area contributed by atoms with Gasteiger partial charge < -0.3 is 10.6 Å². The van der Waals surface area contributed by atoms with Crippen LogP contribution in [0.15, 0.2) is 54.7 Å². The van der Waals surface area contributed by atoms with E-state index in [0.717, 1.165) is 32.6 Å². The third kappa shape index (κ3) is 3.95. The highest BCUT2D eigenvalue weighted by Gasteiger charge is 2.10. The van der Waals surface area contributed by atoms with E-state index in [0.29, 0.717) is 6.54 Å². The molecule has 27 heavy (non-hydrogen) atoms. The molecule has 0 bridgehead atoms. The normalized spacial score (nSPS) is 10.9. The Hall–Kier alpha value is -3.26. The molecule has 2 N–H and O–H groups in total. The quantitative estimate of drug-likeness (QED) is 0.544. The summed E-state index contributed by atoms with van der Waals surface area (Å²) in [4.78, 5) is 16.6. The van der Waals surface area contributed by atoms with E-state index in [4.69, 9.17) is 0 Å². The second-order valence-electron chi connectivity index (χ2n) is 6.00. The molecule has 0 saturated heterocycles. The number of rotatable bonds is 5. The molecule has 0 aliphatic heterocycles. The van der Waals surface area contributed by atoms with Gasteiger partial charge in [0, 0.05) is 24.7 Å². The monoisotopic (exact) mass is 381 g/mol. The number of hydrogen-bond acceptors (Lipinski definition) is 5. The van der Waals surface area contributed by atoms with Crippen molar-refractivity contribution < 1.29 is 9.18 Å². The number of aromatic nitrogens is 3. The van der Waals surface area contributed by atoms with Crippen molar-refractivity contribution >= 4 is 33.0 Å². The number of carbonyl (C=O) groups excluding carboxylic acids is 1. The average molecular weight is 381 g/mol. The van der Waals surface area contributed by atoms with Crippen LogP contribution in [0.3, 0.4) is 0 Å². The zero-order valence-electron chi connectivity index (χ0n) is 14.4. The van der Waals surface area contributed by atoms with Crippen molar-refractivity contribution in [3.8, 4) is 11.3 Å². The number of nitrogens with one attached hydrogen (secondary N) is 2. The average Bonchev–Trinajstić information content (AvgIpc) is 3.20. The predicted molar refractivity (Wildman–Crippen MR) is 104 cm³/mol. The van der Waals surface area contributed by atoms with E-state index in [2.05, 4.69) is 20.7 Å². The Morgan fingerprint density at radius 1 is 1.22 bits per heavy atom. The van der Waals surface area contributed by atoms with Crippen molar-refractivity contribution in [2.45, 2.75) is 13.5 Å².